The number of methoxy groups -OCH3 is 1. The second-order valence-electron chi connectivity index (χ2n) is 5.78. The third kappa shape index (κ3) is 2.82. The Hall–Kier alpha value is -1.98. The molecule has 0 spiro atoms. The van der Waals surface area contributed by atoms with Crippen LogP contribution in [0.2, 0.25) is 0 Å². The van der Waals surface area contributed by atoms with Crippen LogP contribution in [0, 0.1) is 5.92 Å². The molecular weight excluding hydrogens is 290 g/mol. The third-order valence-corrected chi connectivity index (χ3v) is 4.30. The van der Waals surface area contributed by atoms with E-state index in [0.29, 0.717) is 24.3 Å². The lowest BCUT2D eigenvalue weighted by atomic mass is 10.0. The molecule has 1 amide bonds. The summed E-state index contributed by atoms with van der Waals surface area (Å²) in [6.07, 6.45) is 1.00. The van der Waals surface area contributed by atoms with Gasteiger partial charge in [-0.15, -0.1) is 0 Å². The lowest BCUT2D eigenvalue weighted by Crippen LogP contribution is -2.34. The molecule has 1 atom stereocenters. The van der Waals surface area contributed by atoms with E-state index < -0.39 is 11.8 Å². The zero-order valence-corrected chi connectivity index (χ0v) is 12.4. The summed E-state index contributed by atoms with van der Waals surface area (Å²) >= 11 is 0. The lowest BCUT2D eigenvalue weighted by Gasteiger charge is -2.22. The number of nitrogens with zero attached hydrogens (tertiary/aromatic N) is 2. The van der Waals surface area contributed by atoms with Gasteiger partial charge < -0.3 is 4.74 Å². The first-order valence-corrected chi connectivity index (χ1v) is 7.40. The van der Waals surface area contributed by atoms with Crippen LogP contribution in [0.3, 0.4) is 0 Å². The van der Waals surface area contributed by atoms with E-state index in [-0.39, 0.29) is 25.3 Å². The summed E-state index contributed by atoms with van der Waals surface area (Å²) < 4.78 is 32.6. The van der Waals surface area contributed by atoms with E-state index in [1.807, 2.05) is 12.1 Å². The summed E-state index contributed by atoms with van der Waals surface area (Å²) in [4.78, 5) is 12.0. The summed E-state index contributed by atoms with van der Waals surface area (Å²) in [5.41, 5.74) is 1.39. The summed E-state index contributed by atoms with van der Waals surface area (Å²) in [6.45, 7) is -0.000693. The smallest absolute Gasteiger partial charge is 0.252 e. The molecule has 3 rings (SSSR count). The van der Waals surface area contributed by atoms with Crippen molar-refractivity contribution in [3.63, 3.8) is 0 Å². The molecule has 1 saturated carbocycles. The van der Waals surface area contributed by atoms with Crippen molar-refractivity contribution >= 4 is 11.6 Å². The van der Waals surface area contributed by atoms with E-state index >= 15 is 0 Å². The van der Waals surface area contributed by atoms with Crippen LogP contribution >= 0.6 is 0 Å². The standard InChI is InChI=1S/C16H18F2N2O2/c1-22-13-6-2-4-11(8-13)14-9-15(21)20(19-14)10-12-5-3-7-16(12,17)18/h2,4,6,8,12H,3,5,7,9-10H2,1H3. The third-order valence-electron chi connectivity index (χ3n) is 4.30. The molecule has 2 aliphatic rings. The monoisotopic (exact) mass is 308 g/mol. The Balaban J connectivity index is 1.76. The highest BCUT2D eigenvalue weighted by atomic mass is 19.3. The van der Waals surface area contributed by atoms with Crippen molar-refractivity contribution in [1.29, 1.82) is 0 Å². The molecule has 1 aromatic carbocycles. The van der Waals surface area contributed by atoms with Crippen LogP contribution in [-0.4, -0.2) is 36.2 Å². The Labute approximate surface area is 127 Å². The van der Waals surface area contributed by atoms with Gasteiger partial charge in [0, 0.05) is 17.9 Å². The minimum absolute atomic E-state index is 0.000693. The number of amides is 1. The first-order chi connectivity index (χ1) is 10.5. The summed E-state index contributed by atoms with van der Waals surface area (Å²) in [5, 5.41) is 5.46. The number of benzene rings is 1. The van der Waals surface area contributed by atoms with Crippen molar-refractivity contribution in [3.05, 3.63) is 29.8 Å². The molecule has 1 aliphatic carbocycles. The number of hydrogen-bond donors (Lipinski definition) is 0. The number of rotatable bonds is 4. The van der Waals surface area contributed by atoms with Gasteiger partial charge in [0.25, 0.3) is 5.92 Å². The van der Waals surface area contributed by atoms with Gasteiger partial charge in [0.15, 0.2) is 0 Å². The molecule has 0 saturated heterocycles. The maximum absolute atomic E-state index is 13.7. The van der Waals surface area contributed by atoms with Crippen molar-refractivity contribution in [2.75, 3.05) is 13.7 Å². The Morgan fingerprint density at radius 3 is 2.95 bits per heavy atom. The van der Waals surface area contributed by atoms with Gasteiger partial charge >= 0.3 is 0 Å². The number of halogens is 2. The van der Waals surface area contributed by atoms with Crippen LogP contribution in [0.15, 0.2) is 29.4 Å². The second kappa shape index (κ2) is 5.66. The van der Waals surface area contributed by atoms with Gasteiger partial charge in [-0.25, -0.2) is 13.8 Å². The van der Waals surface area contributed by atoms with E-state index in [0.717, 1.165) is 5.56 Å². The molecule has 1 unspecified atom stereocenters. The zero-order valence-electron chi connectivity index (χ0n) is 12.4. The SMILES string of the molecule is COc1cccc(C2=NN(CC3CCCC3(F)F)C(=O)C2)c1. The van der Waals surface area contributed by atoms with E-state index in [9.17, 15) is 13.6 Å². The zero-order chi connectivity index (χ0) is 15.7. The Morgan fingerprint density at radius 1 is 1.45 bits per heavy atom. The normalized spacial score (nSPS) is 23.8. The Bertz CT molecular complexity index is 616. The number of carbonyl (C=O) groups excluding carboxylic acids is 1. The van der Waals surface area contributed by atoms with Crippen molar-refractivity contribution in [3.8, 4) is 5.75 Å². The van der Waals surface area contributed by atoms with Crippen molar-refractivity contribution in [2.24, 2.45) is 11.0 Å². The summed E-state index contributed by atoms with van der Waals surface area (Å²) in [5.74, 6) is -3.02. The minimum Gasteiger partial charge on any atom is -0.497 e. The lowest BCUT2D eigenvalue weighted by molar-refractivity contribution is -0.131. The van der Waals surface area contributed by atoms with Gasteiger partial charge in [-0.2, -0.15) is 5.10 Å². The van der Waals surface area contributed by atoms with E-state index in [4.69, 9.17) is 4.74 Å². The number of alkyl halides is 2. The van der Waals surface area contributed by atoms with Crippen LogP contribution in [0.25, 0.3) is 0 Å². The highest BCUT2D eigenvalue weighted by Crippen LogP contribution is 2.41. The van der Waals surface area contributed by atoms with Crippen molar-refractivity contribution in [2.45, 2.75) is 31.6 Å². The van der Waals surface area contributed by atoms with Crippen LogP contribution < -0.4 is 4.74 Å². The fraction of sp³-hybridized carbons (Fsp3) is 0.500. The fourth-order valence-corrected chi connectivity index (χ4v) is 3.01. The topological polar surface area (TPSA) is 41.9 Å². The summed E-state index contributed by atoms with van der Waals surface area (Å²) in [6, 6.07) is 7.24. The molecule has 22 heavy (non-hydrogen) atoms. The van der Waals surface area contributed by atoms with Gasteiger partial charge in [-0.3, -0.25) is 4.79 Å². The summed E-state index contributed by atoms with van der Waals surface area (Å²) in [7, 11) is 1.56. The molecule has 1 fully saturated rings. The van der Waals surface area contributed by atoms with E-state index in [1.165, 1.54) is 5.01 Å². The van der Waals surface area contributed by atoms with Gasteiger partial charge in [0.2, 0.25) is 5.91 Å². The van der Waals surface area contributed by atoms with Crippen LogP contribution in [0.1, 0.15) is 31.2 Å². The molecule has 1 aliphatic heterocycles. The predicted molar refractivity (Wildman–Crippen MR) is 78.1 cm³/mol. The maximum atomic E-state index is 13.7. The highest BCUT2D eigenvalue weighted by Gasteiger charge is 2.45. The second-order valence-corrected chi connectivity index (χ2v) is 5.78. The quantitative estimate of drug-likeness (QED) is 0.858. The molecule has 0 bridgehead atoms. The number of hydrogen-bond acceptors (Lipinski definition) is 3. The first kappa shape index (κ1) is 14.9. The number of carbonyl (C=O) groups is 1. The maximum Gasteiger partial charge on any atom is 0.252 e. The van der Waals surface area contributed by atoms with Gasteiger partial charge in [-0.1, -0.05) is 12.1 Å². The van der Waals surface area contributed by atoms with E-state index in [2.05, 4.69) is 5.10 Å². The molecular formula is C16H18F2N2O2. The largest absolute Gasteiger partial charge is 0.497 e. The predicted octanol–water partition coefficient (Wildman–Crippen LogP) is 3.07. The van der Waals surface area contributed by atoms with Crippen LogP contribution in [-0.2, 0) is 4.79 Å². The molecule has 0 radical (unpaired) electrons. The Kier molecular flexibility index (Phi) is 3.85. The van der Waals surface area contributed by atoms with E-state index in [1.54, 1.807) is 19.2 Å². The average Bonchev–Trinajstić information content (AvgIpc) is 3.03. The highest BCUT2D eigenvalue weighted by molar-refractivity contribution is 6.13. The minimum atomic E-state index is -2.69. The fourth-order valence-electron chi connectivity index (χ4n) is 3.01. The first-order valence-electron chi connectivity index (χ1n) is 7.40. The molecule has 1 aromatic rings. The average molecular weight is 308 g/mol. The molecule has 0 aromatic heterocycles. The van der Waals surface area contributed by atoms with Gasteiger partial charge in [0.1, 0.15) is 5.75 Å². The molecule has 118 valence electrons. The van der Waals surface area contributed by atoms with Crippen LogP contribution in [0.5, 0.6) is 5.75 Å². The van der Waals surface area contributed by atoms with Crippen molar-refractivity contribution in [1.82, 2.24) is 5.01 Å². The van der Waals surface area contributed by atoms with Gasteiger partial charge in [0.05, 0.1) is 25.8 Å². The molecule has 6 heteroatoms. The number of ether oxygens (including phenoxy) is 1. The van der Waals surface area contributed by atoms with Crippen molar-refractivity contribution < 1.29 is 18.3 Å². The molecule has 1 heterocycles. The molecule has 4 nitrogen and oxygen atoms in total. The molecule has 0 N–H and O–H groups in total. The Morgan fingerprint density at radius 2 is 2.27 bits per heavy atom. The van der Waals surface area contributed by atoms with Gasteiger partial charge in [-0.05, 0) is 25.0 Å². The number of hydrazone groups is 1. The van der Waals surface area contributed by atoms with Crippen LogP contribution in [0.4, 0.5) is 8.78 Å².